The van der Waals surface area contributed by atoms with Crippen LogP contribution in [0.1, 0.15) is 30.6 Å². The lowest BCUT2D eigenvalue weighted by molar-refractivity contribution is 0.0951. The molecule has 0 saturated carbocycles. The Hall–Kier alpha value is -2.91. The summed E-state index contributed by atoms with van der Waals surface area (Å²) in [6.45, 7) is 4.84. The lowest BCUT2D eigenvalue weighted by Gasteiger charge is -2.09. The van der Waals surface area contributed by atoms with Gasteiger partial charge in [-0.25, -0.2) is 17.8 Å². The van der Waals surface area contributed by atoms with Gasteiger partial charge in [0.1, 0.15) is 10.8 Å². The van der Waals surface area contributed by atoms with Crippen molar-refractivity contribution in [3.05, 3.63) is 78.2 Å². The minimum Gasteiger partial charge on any atom is -0.352 e. The molecule has 0 radical (unpaired) electrons. The molecule has 1 aromatic heterocycles. The fourth-order valence-corrected chi connectivity index (χ4v) is 4.50. The quantitative estimate of drug-likeness (QED) is 0.459. The van der Waals surface area contributed by atoms with E-state index in [4.69, 9.17) is 0 Å². The van der Waals surface area contributed by atoms with Gasteiger partial charge in [0.15, 0.2) is 0 Å². The molecule has 0 spiro atoms. The first kappa shape index (κ1) is 23.7. The Morgan fingerprint density at radius 1 is 1.03 bits per heavy atom. The van der Waals surface area contributed by atoms with Crippen molar-refractivity contribution in [2.24, 2.45) is 5.92 Å². The van der Waals surface area contributed by atoms with Gasteiger partial charge in [-0.05, 0) is 73.0 Å². The van der Waals surface area contributed by atoms with Crippen LogP contribution in [0.5, 0.6) is 0 Å². The first-order valence-corrected chi connectivity index (χ1v) is 12.3. The Morgan fingerprint density at radius 2 is 1.72 bits per heavy atom. The molecule has 2 N–H and O–H groups in total. The first-order chi connectivity index (χ1) is 15.2. The number of carbonyl (C=O) groups excluding carboxylic acids is 1. The third-order valence-corrected chi connectivity index (χ3v) is 6.81. The van der Waals surface area contributed by atoms with Gasteiger partial charge < -0.3 is 5.32 Å². The van der Waals surface area contributed by atoms with E-state index in [1.165, 1.54) is 30.1 Å². The molecule has 0 aliphatic heterocycles. The highest BCUT2D eigenvalue weighted by Gasteiger charge is 2.14. The second-order valence-corrected chi connectivity index (χ2v) is 10.3. The van der Waals surface area contributed by atoms with Crippen LogP contribution in [0.15, 0.2) is 81.7 Å². The van der Waals surface area contributed by atoms with Crippen LogP contribution in [-0.2, 0) is 10.0 Å². The number of nitrogens with zero attached hydrogens (tertiary/aromatic N) is 1. The van der Waals surface area contributed by atoms with Crippen LogP contribution in [-0.4, -0.2) is 25.9 Å². The van der Waals surface area contributed by atoms with Gasteiger partial charge in [-0.1, -0.05) is 25.6 Å². The lowest BCUT2D eigenvalue weighted by atomic mass is 10.1. The van der Waals surface area contributed by atoms with Gasteiger partial charge in [0, 0.05) is 23.3 Å². The van der Waals surface area contributed by atoms with Crippen molar-refractivity contribution in [1.82, 2.24) is 10.3 Å². The van der Waals surface area contributed by atoms with Crippen molar-refractivity contribution < 1.29 is 17.6 Å². The van der Waals surface area contributed by atoms with E-state index in [0.717, 1.165) is 23.4 Å². The first-order valence-electron chi connectivity index (χ1n) is 10.0. The summed E-state index contributed by atoms with van der Waals surface area (Å²) >= 11 is 1.39. The summed E-state index contributed by atoms with van der Waals surface area (Å²) in [7, 11) is -3.80. The van der Waals surface area contributed by atoms with E-state index in [-0.39, 0.29) is 10.8 Å². The number of rotatable bonds is 9. The number of benzene rings is 2. The van der Waals surface area contributed by atoms with E-state index in [0.29, 0.717) is 28.7 Å². The largest absolute Gasteiger partial charge is 0.352 e. The molecule has 0 aliphatic rings. The van der Waals surface area contributed by atoms with Crippen molar-refractivity contribution in [3.63, 3.8) is 0 Å². The van der Waals surface area contributed by atoms with E-state index in [1.54, 1.807) is 36.4 Å². The minimum absolute atomic E-state index is 0.0186. The molecule has 32 heavy (non-hydrogen) atoms. The number of anilines is 1. The zero-order valence-corrected chi connectivity index (χ0v) is 19.3. The van der Waals surface area contributed by atoms with Crippen molar-refractivity contribution in [2.75, 3.05) is 11.3 Å². The molecular formula is C23H24FN3O3S2. The van der Waals surface area contributed by atoms with Crippen molar-refractivity contribution in [2.45, 2.75) is 35.1 Å². The van der Waals surface area contributed by atoms with Gasteiger partial charge in [-0.15, -0.1) is 0 Å². The summed E-state index contributed by atoms with van der Waals surface area (Å²) in [6, 6.07) is 14.9. The highest BCUT2D eigenvalue weighted by atomic mass is 32.2. The Bertz CT molecular complexity index is 1150. The minimum atomic E-state index is -3.80. The lowest BCUT2D eigenvalue weighted by Crippen LogP contribution is -2.25. The number of pyridine rings is 1. The van der Waals surface area contributed by atoms with Crippen LogP contribution in [0.4, 0.5) is 10.1 Å². The standard InChI is InChI=1S/C23H24FN3O3S2/c1-16(2)13-14-25-23(28)17-3-12-22(26-15-17)31-20-8-6-19(7-9-20)27-32(29,30)21-10-4-18(24)5-11-21/h3-12,15-16,27H,13-14H2,1-2H3,(H,25,28). The average molecular weight is 474 g/mol. The number of nitrogens with one attached hydrogen (secondary N) is 2. The van der Waals surface area contributed by atoms with Crippen LogP contribution >= 0.6 is 11.8 Å². The zero-order chi connectivity index (χ0) is 23.1. The molecule has 2 aromatic carbocycles. The maximum Gasteiger partial charge on any atom is 0.261 e. The Labute approximate surface area is 191 Å². The molecule has 1 amide bonds. The molecule has 3 aromatic rings. The van der Waals surface area contributed by atoms with Gasteiger partial charge in [0.05, 0.1) is 10.5 Å². The zero-order valence-electron chi connectivity index (χ0n) is 17.7. The number of hydrogen-bond acceptors (Lipinski definition) is 5. The third-order valence-electron chi connectivity index (χ3n) is 4.46. The van der Waals surface area contributed by atoms with Crippen molar-refractivity contribution in [1.29, 1.82) is 0 Å². The van der Waals surface area contributed by atoms with Gasteiger partial charge in [0.2, 0.25) is 0 Å². The van der Waals surface area contributed by atoms with Gasteiger partial charge in [-0.2, -0.15) is 0 Å². The van der Waals surface area contributed by atoms with Gasteiger partial charge >= 0.3 is 0 Å². The van der Waals surface area contributed by atoms with E-state index in [2.05, 4.69) is 28.9 Å². The molecule has 0 unspecified atom stereocenters. The van der Waals surface area contributed by atoms with Gasteiger partial charge in [-0.3, -0.25) is 9.52 Å². The van der Waals surface area contributed by atoms with E-state index in [1.807, 2.05) is 0 Å². The fourth-order valence-electron chi connectivity index (χ4n) is 2.69. The van der Waals surface area contributed by atoms with Crippen LogP contribution in [0.3, 0.4) is 0 Å². The fraction of sp³-hybridized carbons (Fsp3) is 0.217. The van der Waals surface area contributed by atoms with Gasteiger partial charge in [0.25, 0.3) is 15.9 Å². The topological polar surface area (TPSA) is 88.2 Å². The molecule has 1 heterocycles. The second kappa shape index (κ2) is 10.6. The summed E-state index contributed by atoms with van der Waals surface area (Å²) < 4.78 is 40.3. The highest BCUT2D eigenvalue weighted by Crippen LogP contribution is 2.27. The number of sulfonamides is 1. The number of aromatic nitrogens is 1. The Balaban J connectivity index is 1.58. The van der Waals surface area contributed by atoms with Crippen LogP contribution in [0.25, 0.3) is 0 Å². The summed E-state index contributed by atoms with van der Waals surface area (Å²) in [6.07, 6.45) is 2.46. The summed E-state index contributed by atoms with van der Waals surface area (Å²) in [5.74, 6) is -0.122. The van der Waals surface area contributed by atoms with Crippen LogP contribution < -0.4 is 10.0 Å². The highest BCUT2D eigenvalue weighted by molar-refractivity contribution is 7.99. The van der Waals surface area contributed by atoms with Crippen molar-refractivity contribution >= 4 is 33.4 Å². The maximum absolute atomic E-state index is 13.0. The van der Waals surface area contributed by atoms with E-state index >= 15 is 0 Å². The van der Waals surface area contributed by atoms with E-state index < -0.39 is 15.8 Å². The predicted octanol–water partition coefficient (Wildman–Crippen LogP) is 4.95. The maximum atomic E-state index is 13.0. The molecule has 0 fully saturated rings. The number of hydrogen-bond donors (Lipinski definition) is 2. The average Bonchev–Trinajstić information content (AvgIpc) is 2.75. The normalized spacial score (nSPS) is 11.4. The second-order valence-electron chi connectivity index (χ2n) is 7.51. The molecular weight excluding hydrogens is 449 g/mol. The van der Waals surface area contributed by atoms with Crippen LogP contribution in [0.2, 0.25) is 0 Å². The number of amides is 1. The molecule has 0 aliphatic carbocycles. The molecule has 6 nitrogen and oxygen atoms in total. The monoisotopic (exact) mass is 473 g/mol. The summed E-state index contributed by atoms with van der Waals surface area (Å²) in [4.78, 5) is 17.3. The number of carbonyl (C=O) groups is 1. The third kappa shape index (κ3) is 6.80. The summed E-state index contributed by atoms with van der Waals surface area (Å²) in [5.41, 5.74) is 0.892. The van der Waals surface area contributed by atoms with E-state index in [9.17, 15) is 17.6 Å². The SMILES string of the molecule is CC(C)CCNC(=O)c1ccc(Sc2ccc(NS(=O)(=O)c3ccc(F)cc3)cc2)nc1. The number of halogens is 1. The summed E-state index contributed by atoms with van der Waals surface area (Å²) in [5, 5.41) is 3.59. The Morgan fingerprint density at radius 3 is 2.31 bits per heavy atom. The van der Waals surface area contributed by atoms with Crippen molar-refractivity contribution in [3.8, 4) is 0 Å². The Kier molecular flexibility index (Phi) is 7.87. The molecule has 168 valence electrons. The molecule has 0 saturated heterocycles. The molecule has 9 heteroatoms. The molecule has 3 rings (SSSR count). The predicted molar refractivity (Wildman–Crippen MR) is 124 cm³/mol. The molecule has 0 atom stereocenters. The smallest absolute Gasteiger partial charge is 0.261 e. The van der Waals surface area contributed by atoms with Crippen LogP contribution in [0, 0.1) is 11.7 Å². The molecule has 0 bridgehead atoms.